The molecule has 4 rings (SSSR count). The van der Waals surface area contributed by atoms with E-state index in [0.717, 1.165) is 11.1 Å². The van der Waals surface area contributed by atoms with Gasteiger partial charge >= 0.3 is 0 Å². The van der Waals surface area contributed by atoms with Crippen LogP contribution in [0.1, 0.15) is 27.9 Å². The van der Waals surface area contributed by atoms with Crippen molar-refractivity contribution < 1.29 is 9.90 Å². The molecule has 0 bridgehead atoms. The van der Waals surface area contributed by atoms with E-state index in [4.69, 9.17) is 0 Å². The largest absolute Gasteiger partial charge is 0.511 e. The first kappa shape index (κ1) is 17.0. The van der Waals surface area contributed by atoms with Crippen molar-refractivity contribution in [2.45, 2.75) is 11.8 Å². The standard InChI is InChI=1S/C25H20O2/c26-23-18-25(20-12-6-2-7-13-20,21-14-8-3-9-15-21)17-16-22(23)24(27)19-10-4-1-5-11-19/h1-17,26H,18H2. The Morgan fingerprint density at radius 3 is 1.70 bits per heavy atom. The second kappa shape index (κ2) is 7.08. The van der Waals surface area contributed by atoms with Crippen molar-refractivity contribution in [3.63, 3.8) is 0 Å². The van der Waals surface area contributed by atoms with E-state index in [1.807, 2.05) is 60.7 Å². The smallest absolute Gasteiger partial charge is 0.196 e. The van der Waals surface area contributed by atoms with Crippen LogP contribution in [0.2, 0.25) is 0 Å². The molecule has 1 aliphatic rings. The Labute approximate surface area is 159 Å². The molecule has 132 valence electrons. The molecule has 2 heteroatoms. The van der Waals surface area contributed by atoms with Crippen molar-refractivity contribution in [2.75, 3.05) is 0 Å². The summed E-state index contributed by atoms with van der Waals surface area (Å²) in [6.45, 7) is 0. The Bertz CT molecular complexity index is 960. The first-order chi connectivity index (χ1) is 13.2. The van der Waals surface area contributed by atoms with Crippen LogP contribution in [0.4, 0.5) is 0 Å². The van der Waals surface area contributed by atoms with E-state index in [9.17, 15) is 9.90 Å². The second-order valence-electron chi connectivity index (χ2n) is 6.77. The molecule has 0 unspecified atom stereocenters. The van der Waals surface area contributed by atoms with Crippen molar-refractivity contribution >= 4 is 5.78 Å². The van der Waals surface area contributed by atoms with E-state index in [1.54, 1.807) is 18.2 Å². The van der Waals surface area contributed by atoms with Crippen LogP contribution in [0.15, 0.2) is 114 Å². The van der Waals surface area contributed by atoms with E-state index in [2.05, 4.69) is 24.3 Å². The maximum atomic E-state index is 12.8. The fraction of sp³-hybridized carbons (Fsp3) is 0.0800. The van der Waals surface area contributed by atoms with Gasteiger partial charge in [0.25, 0.3) is 0 Å². The van der Waals surface area contributed by atoms with Gasteiger partial charge in [0.05, 0.1) is 5.57 Å². The van der Waals surface area contributed by atoms with Gasteiger partial charge in [-0.2, -0.15) is 0 Å². The van der Waals surface area contributed by atoms with Gasteiger partial charge in [0.15, 0.2) is 5.78 Å². The zero-order chi connectivity index (χ0) is 18.7. The Kier molecular flexibility index (Phi) is 4.47. The molecule has 1 N–H and O–H groups in total. The van der Waals surface area contributed by atoms with Crippen molar-refractivity contribution in [3.8, 4) is 0 Å². The van der Waals surface area contributed by atoms with Crippen molar-refractivity contribution in [1.29, 1.82) is 0 Å². The molecule has 0 spiro atoms. The highest BCUT2D eigenvalue weighted by Gasteiger charge is 2.36. The van der Waals surface area contributed by atoms with Crippen LogP contribution in [0.3, 0.4) is 0 Å². The van der Waals surface area contributed by atoms with Gasteiger partial charge in [0.2, 0.25) is 0 Å². The summed E-state index contributed by atoms with van der Waals surface area (Å²) < 4.78 is 0. The quantitative estimate of drug-likeness (QED) is 0.618. The second-order valence-corrected chi connectivity index (χ2v) is 6.77. The SMILES string of the molecule is O=C(C1=C(O)CC(c2ccccc2)(c2ccccc2)C=C1)c1ccccc1. The molecule has 1 aliphatic carbocycles. The number of aliphatic hydroxyl groups is 1. The molecule has 0 aliphatic heterocycles. The van der Waals surface area contributed by atoms with Gasteiger partial charge in [-0.15, -0.1) is 0 Å². The minimum atomic E-state index is -0.493. The average Bonchev–Trinajstić information content (AvgIpc) is 2.75. The van der Waals surface area contributed by atoms with E-state index >= 15 is 0 Å². The fourth-order valence-corrected chi connectivity index (χ4v) is 3.73. The topological polar surface area (TPSA) is 37.3 Å². The summed E-state index contributed by atoms with van der Waals surface area (Å²) in [6.07, 6.45) is 4.17. The minimum Gasteiger partial charge on any atom is -0.511 e. The third-order valence-electron chi connectivity index (χ3n) is 5.15. The van der Waals surface area contributed by atoms with Crippen LogP contribution in [-0.2, 0) is 5.41 Å². The number of carbonyl (C=O) groups excluding carboxylic acids is 1. The highest BCUT2D eigenvalue weighted by Crippen LogP contribution is 2.42. The van der Waals surface area contributed by atoms with Crippen LogP contribution in [0, 0.1) is 0 Å². The lowest BCUT2D eigenvalue weighted by Crippen LogP contribution is -2.29. The molecular formula is C25H20O2. The lowest BCUT2D eigenvalue weighted by molar-refractivity contribution is 0.103. The first-order valence-electron chi connectivity index (χ1n) is 9.03. The van der Waals surface area contributed by atoms with Gasteiger partial charge in [0.1, 0.15) is 5.76 Å². The number of hydrogen-bond acceptors (Lipinski definition) is 2. The highest BCUT2D eigenvalue weighted by molar-refractivity contribution is 6.11. The lowest BCUT2D eigenvalue weighted by Gasteiger charge is -2.35. The number of hydrogen-bond donors (Lipinski definition) is 1. The number of benzene rings is 3. The number of aliphatic hydroxyl groups excluding tert-OH is 1. The van der Waals surface area contributed by atoms with Gasteiger partial charge < -0.3 is 5.11 Å². The highest BCUT2D eigenvalue weighted by atomic mass is 16.3. The van der Waals surface area contributed by atoms with Gasteiger partial charge in [0, 0.05) is 17.4 Å². The average molecular weight is 352 g/mol. The number of Topliss-reactive ketones (excluding diaryl/α,β-unsaturated/α-hetero) is 1. The van der Waals surface area contributed by atoms with E-state index in [-0.39, 0.29) is 11.5 Å². The Balaban J connectivity index is 1.79. The van der Waals surface area contributed by atoms with Crippen molar-refractivity contribution in [1.82, 2.24) is 0 Å². The molecule has 0 atom stereocenters. The summed E-state index contributed by atoms with van der Waals surface area (Å²) in [4.78, 5) is 12.8. The van der Waals surface area contributed by atoms with E-state index in [0.29, 0.717) is 17.6 Å². The fourth-order valence-electron chi connectivity index (χ4n) is 3.73. The summed E-state index contributed by atoms with van der Waals surface area (Å²) in [5.41, 5.74) is 2.63. The number of rotatable bonds is 4. The summed E-state index contributed by atoms with van der Waals surface area (Å²) in [5.74, 6) is -0.0295. The van der Waals surface area contributed by atoms with Crippen molar-refractivity contribution in [2.24, 2.45) is 0 Å². The molecule has 3 aromatic carbocycles. The first-order valence-corrected chi connectivity index (χ1v) is 9.03. The zero-order valence-electron chi connectivity index (χ0n) is 14.9. The molecular weight excluding hydrogens is 332 g/mol. The normalized spacial score (nSPS) is 15.6. The van der Waals surface area contributed by atoms with Gasteiger partial charge in [-0.1, -0.05) is 103 Å². The van der Waals surface area contributed by atoms with Gasteiger partial charge in [-0.05, 0) is 11.1 Å². The van der Waals surface area contributed by atoms with E-state index in [1.165, 1.54) is 0 Å². The molecule has 0 radical (unpaired) electrons. The Hall–Kier alpha value is -3.39. The predicted octanol–water partition coefficient (Wildman–Crippen LogP) is 5.63. The summed E-state index contributed by atoms with van der Waals surface area (Å²) in [7, 11) is 0. The number of allylic oxidation sites excluding steroid dienone is 4. The lowest BCUT2D eigenvalue weighted by atomic mass is 9.68. The van der Waals surface area contributed by atoms with Crippen LogP contribution in [0.5, 0.6) is 0 Å². The van der Waals surface area contributed by atoms with Crippen LogP contribution in [0.25, 0.3) is 0 Å². The summed E-state index contributed by atoms with van der Waals surface area (Å²) in [6, 6.07) is 29.3. The molecule has 3 aromatic rings. The molecule has 0 heterocycles. The summed E-state index contributed by atoms with van der Waals surface area (Å²) in [5, 5.41) is 10.9. The van der Waals surface area contributed by atoms with E-state index < -0.39 is 5.41 Å². The third kappa shape index (κ3) is 3.11. The number of ketones is 1. The van der Waals surface area contributed by atoms with Crippen LogP contribution < -0.4 is 0 Å². The van der Waals surface area contributed by atoms with Crippen molar-refractivity contribution in [3.05, 3.63) is 131 Å². The maximum Gasteiger partial charge on any atom is 0.196 e. The summed E-state index contributed by atoms with van der Waals surface area (Å²) >= 11 is 0. The van der Waals surface area contributed by atoms with Gasteiger partial charge in [-0.3, -0.25) is 4.79 Å². The molecule has 0 amide bonds. The zero-order valence-corrected chi connectivity index (χ0v) is 14.9. The molecule has 27 heavy (non-hydrogen) atoms. The monoisotopic (exact) mass is 352 g/mol. The van der Waals surface area contributed by atoms with Gasteiger partial charge in [-0.25, -0.2) is 0 Å². The Morgan fingerprint density at radius 1 is 0.741 bits per heavy atom. The molecule has 2 nitrogen and oxygen atoms in total. The predicted molar refractivity (Wildman–Crippen MR) is 108 cm³/mol. The molecule has 0 aromatic heterocycles. The molecule has 0 fully saturated rings. The Morgan fingerprint density at radius 2 is 1.22 bits per heavy atom. The molecule has 0 saturated carbocycles. The minimum absolute atomic E-state index is 0.124. The molecule has 0 saturated heterocycles. The number of carbonyl (C=O) groups is 1. The van der Waals surface area contributed by atoms with Crippen LogP contribution >= 0.6 is 0 Å². The van der Waals surface area contributed by atoms with Crippen LogP contribution in [-0.4, -0.2) is 10.9 Å². The maximum absolute atomic E-state index is 12.8. The third-order valence-corrected chi connectivity index (χ3v) is 5.15.